The van der Waals surface area contributed by atoms with Gasteiger partial charge >= 0.3 is 5.69 Å². The third kappa shape index (κ3) is 4.19. The van der Waals surface area contributed by atoms with Crippen LogP contribution in [-0.2, 0) is 6.54 Å². The van der Waals surface area contributed by atoms with Crippen LogP contribution in [0, 0.1) is 0 Å². The molecule has 2 aromatic heterocycles. The van der Waals surface area contributed by atoms with Gasteiger partial charge in [0.05, 0.1) is 17.5 Å². The third-order valence-corrected chi connectivity index (χ3v) is 6.05. The summed E-state index contributed by atoms with van der Waals surface area (Å²) in [5, 5.41) is 5.09. The zero-order chi connectivity index (χ0) is 23.7. The summed E-state index contributed by atoms with van der Waals surface area (Å²) < 4.78 is 7.36. The molecule has 34 heavy (non-hydrogen) atoms. The first-order chi connectivity index (χ1) is 16.6. The number of rotatable bonds is 8. The van der Waals surface area contributed by atoms with E-state index in [1.54, 1.807) is 6.07 Å². The molecular formula is C26H26N4O4. The van der Waals surface area contributed by atoms with Gasteiger partial charge in [-0.2, -0.15) is 0 Å². The quantitative estimate of drug-likeness (QED) is 0.394. The molecule has 1 fully saturated rings. The van der Waals surface area contributed by atoms with Crippen molar-refractivity contribution in [3.63, 3.8) is 0 Å². The Morgan fingerprint density at radius 2 is 1.97 bits per heavy atom. The molecule has 4 aromatic rings. The second-order valence-corrected chi connectivity index (χ2v) is 8.56. The lowest BCUT2D eigenvalue weighted by Gasteiger charge is -2.13. The van der Waals surface area contributed by atoms with Crippen molar-refractivity contribution >= 4 is 27.7 Å². The predicted octanol–water partition coefficient (Wildman–Crippen LogP) is 3.33. The van der Waals surface area contributed by atoms with E-state index in [4.69, 9.17) is 4.74 Å². The lowest BCUT2D eigenvalue weighted by atomic mass is 10.1. The molecule has 0 atom stereocenters. The highest BCUT2D eigenvalue weighted by molar-refractivity contribution is 6.05. The van der Waals surface area contributed by atoms with Gasteiger partial charge in [0.25, 0.3) is 11.5 Å². The molecule has 8 heteroatoms. The summed E-state index contributed by atoms with van der Waals surface area (Å²) in [6.07, 6.45) is 2.67. The summed E-state index contributed by atoms with van der Waals surface area (Å²) in [5.41, 5.74) is 0.161. The molecule has 2 heterocycles. The summed E-state index contributed by atoms with van der Waals surface area (Å²) in [6, 6.07) is 15.5. The Labute approximate surface area is 195 Å². The minimum atomic E-state index is -0.598. The van der Waals surface area contributed by atoms with E-state index in [1.165, 1.54) is 4.57 Å². The molecule has 1 aliphatic carbocycles. The maximum absolute atomic E-state index is 13.1. The predicted molar refractivity (Wildman–Crippen MR) is 131 cm³/mol. The number of nitrogens with zero attached hydrogens (tertiary/aromatic N) is 2. The molecule has 0 unspecified atom stereocenters. The minimum absolute atomic E-state index is 0.143. The Kier molecular flexibility index (Phi) is 5.88. The summed E-state index contributed by atoms with van der Waals surface area (Å²) in [4.78, 5) is 45.2. The number of H-pyrrole nitrogens is 1. The molecule has 1 aliphatic rings. The fourth-order valence-corrected chi connectivity index (χ4v) is 4.23. The first kappa shape index (κ1) is 21.9. The summed E-state index contributed by atoms with van der Waals surface area (Å²) in [5.74, 6) is 0.621. The van der Waals surface area contributed by atoms with Crippen molar-refractivity contribution in [1.29, 1.82) is 0 Å². The average molecular weight is 459 g/mol. The average Bonchev–Trinajstić information content (AvgIpc) is 3.69. The SMILES string of the molecule is CCCn1c(=O)[nH]c(=O)c2c(C(=O)NCCOc3cccc4ccccc34)cc(C3CC3)nc21. The van der Waals surface area contributed by atoms with E-state index in [0.29, 0.717) is 13.0 Å². The number of hydrogen-bond donors (Lipinski definition) is 2. The topological polar surface area (TPSA) is 106 Å². The molecule has 0 saturated heterocycles. The van der Waals surface area contributed by atoms with Gasteiger partial charge in [-0.05, 0) is 36.8 Å². The summed E-state index contributed by atoms with van der Waals surface area (Å²) in [6.45, 7) is 2.89. The van der Waals surface area contributed by atoms with Crippen LogP contribution in [0.5, 0.6) is 5.75 Å². The van der Waals surface area contributed by atoms with Crippen LogP contribution in [0.3, 0.4) is 0 Å². The number of hydrogen-bond acceptors (Lipinski definition) is 5. The number of ether oxygens (including phenoxy) is 1. The highest BCUT2D eigenvalue weighted by Crippen LogP contribution is 2.39. The van der Waals surface area contributed by atoms with E-state index >= 15 is 0 Å². The molecule has 1 saturated carbocycles. The maximum atomic E-state index is 13.1. The van der Waals surface area contributed by atoms with Crippen molar-refractivity contribution in [3.8, 4) is 5.75 Å². The molecule has 2 N–H and O–H groups in total. The molecule has 0 bridgehead atoms. The highest BCUT2D eigenvalue weighted by atomic mass is 16.5. The second kappa shape index (κ2) is 9.13. The number of pyridine rings is 1. The molecule has 0 radical (unpaired) electrons. The lowest BCUT2D eigenvalue weighted by molar-refractivity contribution is 0.0948. The molecule has 0 spiro atoms. The van der Waals surface area contributed by atoms with Crippen LogP contribution in [0.15, 0.2) is 58.1 Å². The van der Waals surface area contributed by atoms with Crippen LogP contribution >= 0.6 is 0 Å². The van der Waals surface area contributed by atoms with E-state index in [1.807, 2.05) is 49.4 Å². The summed E-state index contributed by atoms with van der Waals surface area (Å²) in [7, 11) is 0. The summed E-state index contributed by atoms with van der Waals surface area (Å²) >= 11 is 0. The number of carbonyl (C=O) groups is 1. The monoisotopic (exact) mass is 458 g/mol. The van der Waals surface area contributed by atoms with Crippen molar-refractivity contribution in [2.75, 3.05) is 13.2 Å². The standard InChI is InChI=1S/C26H26N4O4/c1-2-13-30-23-22(25(32)29-26(30)33)19(15-20(28-23)17-10-11-17)24(31)27-12-14-34-21-9-5-7-16-6-3-4-8-18(16)21/h3-9,15,17H,2,10-14H2,1H3,(H,27,31)(H,29,32,33). The van der Waals surface area contributed by atoms with Crippen molar-refractivity contribution in [2.24, 2.45) is 0 Å². The van der Waals surface area contributed by atoms with Gasteiger partial charge < -0.3 is 10.1 Å². The molecule has 1 amide bonds. The zero-order valence-electron chi connectivity index (χ0n) is 19.0. The molecule has 8 nitrogen and oxygen atoms in total. The number of aryl methyl sites for hydroxylation is 1. The van der Waals surface area contributed by atoms with Crippen molar-refractivity contribution in [1.82, 2.24) is 19.9 Å². The Bertz CT molecular complexity index is 1500. The minimum Gasteiger partial charge on any atom is -0.491 e. The maximum Gasteiger partial charge on any atom is 0.329 e. The van der Waals surface area contributed by atoms with Crippen LogP contribution < -0.4 is 21.3 Å². The van der Waals surface area contributed by atoms with Crippen molar-refractivity contribution in [3.05, 3.63) is 80.6 Å². The van der Waals surface area contributed by atoms with Crippen LogP contribution in [0.2, 0.25) is 0 Å². The number of aromatic nitrogens is 3. The fourth-order valence-electron chi connectivity index (χ4n) is 4.23. The van der Waals surface area contributed by atoms with Crippen LogP contribution in [0.1, 0.15) is 48.2 Å². The lowest BCUT2D eigenvalue weighted by Crippen LogP contribution is -2.34. The highest BCUT2D eigenvalue weighted by Gasteiger charge is 2.28. The Morgan fingerprint density at radius 1 is 1.18 bits per heavy atom. The number of carbonyl (C=O) groups excluding carboxylic acids is 1. The van der Waals surface area contributed by atoms with Crippen LogP contribution in [0.25, 0.3) is 21.8 Å². The fraction of sp³-hybridized carbons (Fsp3) is 0.308. The molecule has 0 aliphatic heterocycles. The number of amides is 1. The largest absolute Gasteiger partial charge is 0.491 e. The Morgan fingerprint density at radius 3 is 2.76 bits per heavy atom. The molecule has 174 valence electrons. The first-order valence-corrected chi connectivity index (χ1v) is 11.6. The van der Waals surface area contributed by atoms with Gasteiger partial charge in [0, 0.05) is 23.5 Å². The number of fused-ring (bicyclic) bond motifs is 2. The molecule has 2 aromatic carbocycles. The van der Waals surface area contributed by atoms with Gasteiger partial charge in [0.2, 0.25) is 0 Å². The van der Waals surface area contributed by atoms with Gasteiger partial charge in [-0.25, -0.2) is 9.78 Å². The van der Waals surface area contributed by atoms with Gasteiger partial charge in [-0.3, -0.25) is 19.1 Å². The van der Waals surface area contributed by atoms with E-state index < -0.39 is 11.2 Å². The van der Waals surface area contributed by atoms with Gasteiger partial charge in [-0.15, -0.1) is 0 Å². The molecular weight excluding hydrogens is 432 g/mol. The first-order valence-electron chi connectivity index (χ1n) is 11.6. The van der Waals surface area contributed by atoms with E-state index in [9.17, 15) is 14.4 Å². The number of benzene rings is 2. The van der Waals surface area contributed by atoms with Crippen molar-refractivity contribution < 1.29 is 9.53 Å². The normalized spacial score (nSPS) is 13.3. The Balaban J connectivity index is 1.40. The van der Waals surface area contributed by atoms with Gasteiger partial charge in [0.15, 0.2) is 5.65 Å². The zero-order valence-corrected chi connectivity index (χ0v) is 19.0. The van der Waals surface area contributed by atoms with E-state index in [2.05, 4.69) is 15.3 Å². The van der Waals surface area contributed by atoms with Crippen LogP contribution in [0.4, 0.5) is 0 Å². The van der Waals surface area contributed by atoms with E-state index in [-0.39, 0.29) is 41.6 Å². The number of nitrogens with one attached hydrogen (secondary N) is 2. The number of aromatic amines is 1. The smallest absolute Gasteiger partial charge is 0.329 e. The van der Waals surface area contributed by atoms with Gasteiger partial charge in [-0.1, -0.05) is 43.3 Å². The van der Waals surface area contributed by atoms with Crippen molar-refractivity contribution in [2.45, 2.75) is 38.6 Å². The Hall–Kier alpha value is -3.94. The van der Waals surface area contributed by atoms with Gasteiger partial charge in [0.1, 0.15) is 12.4 Å². The third-order valence-electron chi connectivity index (χ3n) is 6.05. The van der Waals surface area contributed by atoms with E-state index in [0.717, 1.165) is 35.1 Å². The van der Waals surface area contributed by atoms with Crippen LogP contribution in [-0.4, -0.2) is 33.6 Å². The molecule has 5 rings (SSSR count). The second-order valence-electron chi connectivity index (χ2n) is 8.56.